The molecule has 2 aliphatic rings. The summed E-state index contributed by atoms with van der Waals surface area (Å²) in [5, 5.41) is 3.21. The number of nitrogens with zero attached hydrogens (tertiary/aromatic N) is 1. The molecule has 0 fully saturated rings. The minimum Gasteiger partial charge on any atom is -0.419 e. The topological polar surface area (TPSA) is 55.4 Å². The van der Waals surface area contributed by atoms with Crippen LogP contribution < -0.4 is 10.3 Å². The number of allylic oxidation sites excluding steroid dienone is 8. The van der Waals surface area contributed by atoms with Crippen molar-refractivity contribution in [3.8, 4) is 0 Å². The number of nitrogens with one attached hydrogen (secondary N) is 2. The summed E-state index contributed by atoms with van der Waals surface area (Å²) in [6.45, 7) is 10.6. The first kappa shape index (κ1) is 40.1. The minimum absolute atomic E-state index is 0. The first-order valence-corrected chi connectivity index (χ1v) is 13.6. The van der Waals surface area contributed by atoms with Crippen molar-refractivity contribution in [3.63, 3.8) is 0 Å². The van der Waals surface area contributed by atoms with E-state index in [0.29, 0.717) is 25.0 Å². The van der Waals surface area contributed by atoms with Crippen molar-refractivity contribution in [2.24, 2.45) is 10.9 Å². The summed E-state index contributed by atoms with van der Waals surface area (Å²) in [6.07, 6.45) is 16.5. The van der Waals surface area contributed by atoms with Crippen molar-refractivity contribution < 1.29 is 54.1 Å². The van der Waals surface area contributed by atoms with Crippen LogP contribution in [0.1, 0.15) is 58.3 Å². The fourth-order valence-electron chi connectivity index (χ4n) is 3.84. The summed E-state index contributed by atoms with van der Waals surface area (Å²) in [4.78, 5) is 18.2. The molecule has 213 valence electrons. The van der Waals surface area contributed by atoms with Crippen molar-refractivity contribution in [1.29, 1.82) is 0 Å². The van der Waals surface area contributed by atoms with Gasteiger partial charge in [0.25, 0.3) is 6.34 Å². The second kappa shape index (κ2) is 22.6. The van der Waals surface area contributed by atoms with E-state index in [1.807, 2.05) is 13.1 Å². The van der Waals surface area contributed by atoms with Gasteiger partial charge in [0.15, 0.2) is 0 Å². The fraction of sp³-hybridized carbons (Fsp3) is 0.467. The summed E-state index contributed by atoms with van der Waals surface area (Å²) in [5.41, 5.74) is 1.88. The Bertz CT molecular complexity index is 950. The molecule has 1 aliphatic heterocycles. The molecule has 0 spiro atoms. The molecule has 1 heterocycles. The predicted molar refractivity (Wildman–Crippen MR) is 162 cm³/mol. The van der Waals surface area contributed by atoms with Gasteiger partial charge in [-0.2, -0.15) is 48.1 Å². The van der Waals surface area contributed by atoms with E-state index >= 15 is 0 Å². The maximum atomic E-state index is 12.7. The van der Waals surface area contributed by atoms with Gasteiger partial charge in [-0.05, 0) is 38.2 Å². The van der Waals surface area contributed by atoms with E-state index in [4.69, 9.17) is 0 Å². The number of hydrogen-bond donors (Lipinski definition) is 2. The Morgan fingerprint density at radius 3 is 2.64 bits per heavy atom. The van der Waals surface area contributed by atoms with Gasteiger partial charge in [0.2, 0.25) is 0 Å². The van der Waals surface area contributed by atoms with E-state index in [0.717, 1.165) is 34.0 Å². The van der Waals surface area contributed by atoms with Crippen molar-refractivity contribution in [2.75, 3.05) is 13.6 Å². The van der Waals surface area contributed by atoms with Crippen LogP contribution in [0.25, 0.3) is 0 Å². The summed E-state index contributed by atoms with van der Waals surface area (Å²) in [7, 11) is 1.91. The number of carbonyl (C=O) groups excluding carboxylic acids is 1. The SMILES string of the molecule is C=CCC(C/C([C-]=O)=C(\CCCCC)C(=C)I)NC.FC(F)(F)C1=CC(CC2C=NC=[NH+]C2)=[C-]C=CC1.[CH3-].[U+3]. The van der Waals surface area contributed by atoms with Crippen LogP contribution in [0.4, 0.5) is 13.2 Å². The molecule has 2 unspecified atom stereocenters. The summed E-state index contributed by atoms with van der Waals surface area (Å²) < 4.78 is 39.0. The first-order valence-electron chi connectivity index (χ1n) is 12.5. The second-order valence-electron chi connectivity index (χ2n) is 8.88. The minimum atomic E-state index is -4.27. The number of halogens is 4. The van der Waals surface area contributed by atoms with Gasteiger partial charge < -0.3 is 17.5 Å². The largest absolute Gasteiger partial charge is 3.00 e. The summed E-state index contributed by atoms with van der Waals surface area (Å²) >= 11 is 2.20. The zero-order chi connectivity index (χ0) is 27.7. The van der Waals surface area contributed by atoms with Gasteiger partial charge in [-0.1, -0.05) is 76.3 Å². The van der Waals surface area contributed by atoms with Crippen LogP contribution in [0.3, 0.4) is 0 Å². The molecular weight excluding hydrogens is 840 g/mol. The van der Waals surface area contributed by atoms with E-state index in [-0.39, 0.29) is 56.9 Å². The Morgan fingerprint density at radius 1 is 1.41 bits per heavy atom. The molecule has 0 bridgehead atoms. The van der Waals surface area contributed by atoms with Crippen molar-refractivity contribution >= 4 is 41.4 Å². The third-order valence-electron chi connectivity index (χ3n) is 5.92. The molecule has 2 N–H and O–H groups in total. The van der Waals surface area contributed by atoms with E-state index in [9.17, 15) is 18.0 Å². The van der Waals surface area contributed by atoms with Gasteiger partial charge in [0.05, 0.1) is 12.5 Å². The summed E-state index contributed by atoms with van der Waals surface area (Å²) in [6, 6.07) is 0.242. The number of rotatable bonds is 13. The van der Waals surface area contributed by atoms with Crippen LogP contribution in [0.5, 0.6) is 0 Å². The van der Waals surface area contributed by atoms with Gasteiger partial charge in [-0.25, -0.2) is 0 Å². The van der Waals surface area contributed by atoms with Gasteiger partial charge in [-0.3, -0.25) is 4.99 Å². The van der Waals surface area contributed by atoms with Crippen LogP contribution in [0.15, 0.2) is 68.3 Å². The third-order valence-corrected chi connectivity index (χ3v) is 6.57. The van der Waals surface area contributed by atoms with Crippen LogP contribution >= 0.6 is 22.6 Å². The molecule has 1 radical (unpaired) electrons. The molecule has 0 aromatic rings. The van der Waals surface area contributed by atoms with Crippen molar-refractivity contribution in [3.05, 3.63) is 76.8 Å². The van der Waals surface area contributed by atoms with Crippen LogP contribution in [-0.4, -0.2) is 44.6 Å². The van der Waals surface area contributed by atoms with E-state index in [1.165, 1.54) is 25.0 Å². The van der Waals surface area contributed by atoms with Gasteiger partial charge in [0.1, 0.15) is 6.21 Å². The van der Waals surface area contributed by atoms with E-state index in [1.54, 1.807) is 18.6 Å². The Balaban J connectivity index is 0. The Labute approximate surface area is 270 Å². The molecule has 0 aromatic carbocycles. The average molecular weight is 882 g/mol. The molecule has 1 aliphatic carbocycles. The summed E-state index contributed by atoms with van der Waals surface area (Å²) in [5.74, 6) is 0.106. The zero-order valence-electron chi connectivity index (χ0n) is 23.3. The van der Waals surface area contributed by atoms with Crippen molar-refractivity contribution in [2.45, 2.75) is 70.5 Å². The fourth-order valence-corrected chi connectivity index (χ4v) is 4.43. The quantitative estimate of drug-likeness (QED) is 0.0572. The number of unbranched alkanes of at least 4 members (excludes halogenated alkanes) is 2. The smallest absolute Gasteiger partial charge is 0.419 e. The normalized spacial score (nSPS) is 17.5. The number of alkyl halides is 3. The molecule has 39 heavy (non-hydrogen) atoms. The van der Waals surface area contributed by atoms with Crippen LogP contribution in [-0.2, 0) is 4.79 Å². The molecule has 9 heteroatoms. The van der Waals surface area contributed by atoms with Crippen LogP contribution in [0.2, 0.25) is 0 Å². The van der Waals surface area contributed by atoms with E-state index in [2.05, 4.69) is 70.3 Å². The number of hydrogen-bond acceptors (Lipinski definition) is 3. The molecule has 0 saturated heterocycles. The maximum absolute atomic E-state index is 12.7. The Morgan fingerprint density at radius 2 is 2.13 bits per heavy atom. The monoisotopic (exact) mass is 881 g/mol. The Hall–Kier alpha value is -1.02. The molecule has 0 saturated carbocycles. The molecule has 0 amide bonds. The number of aliphatic imine (C=N–C) groups is 1. The Kier molecular flexibility index (Phi) is 23.3. The molecule has 2 rings (SSSR count). The van der Waals surface area contributed by atoms with Gasteiger partial charge >= 0.3 is 37.3 Å². The third kappa shape index (κ3) is 16.7. The maximum Gasteiger partial charge on any atom is 3.00 e. The molecule has 0 aromatic heterocycles. The molecular formula is C30H41F3IN3OU+. The van der Waals surface area contributed by atoms with E-state index < -0.39 is 11.7 Å². The standard InChI is InChI=1S/C16H25INO.C13H12F3N2.CH3.U/c1-5-7-8-10-16(13(3)17)14(12-19)11-15(18-4)9-6-2;14-13(15,16)12-4-2-1-3-10(6-12)5-11-7-17-9-18-8-11;;/h6,15,18H,2-3,5,7-11H2,1,4H3;1-2,6-7,9,11H,4-5,8H2;1H3;/q3*-1;+3/p+1/b16-14-;;;. The van der Waals surface area contributed by atoms with Gasteiger partial charge in [0, 0.05) is 6.04 Å². The molecule has 4 nitrogen and oxygen atoms in total. The molecule has 2 atom stereocenters. The van der Waals surface area contributed by atoms with Gasteiger partial charge in [-0.15, -0.1) is 19.2 Å². The second-order valence-corrected chi connectivity index (χ2v) is 10.2. The average Bonchev–Trinajstić information content (AvgIpc) is 3.11. The zero-order valence-corrected chi connectivity index (χ0v) is 29.6. The predicted octanol–water partition coefficient (Wildman–Crippen LogP) is 6.29. The van der Waals surface area contributed by atoms with Crippen molar-refractivity contribution in [1.82, 2.24) is 5.32 Å². The first-order chi connectivity index (χ1) is 17.7. The van der Waals surface area contributed by atoms with Crippen LogP contribution in [0, 0.1) is 50.5 Å².